The zero-order valence-electron chi connectivity index (χ0n) is 18.2. The molecule has 9 heteroatoms. The molecule has 2 aromatic carbocycles. The topological polar surface area (TPSA) is 88.3 Å². The maximum absolute atomic E-state index is 12.9. The van der Waals surface area contributed by atoms with Crippen LogP contribution < -0.4 is 11.1 Å². The van der Waals surface area contributed by atoms with Gasteiger partial charge in [0.2, 0.25) is 0 Å². The fraction of sp³-hybridized carbons (Fsp3) is 0.240. The van der Waals surface area contributed by atoms with Crippen LogP contribution in [0.5, 0.6) is 0 Å². The smallest absolute Gasteiger partial charge is 0.384 e. The molecule has 3 N–H and O–H groups in total. The second-order valence-corrected chi connectivity index (χ2v) is 8.21. The fourth-order valence-corrected chi connectivity index (χ4v) is 4.02. The first-order chi connectivity index (χ1) is 16.2. The van der Waals surface area contributed by atoms with E-state index in [0.717, 1.165) is 35.2 Å². The van der Waals surface area contributed by atoms with Crippen molar-refractivity contribution in [2.45, 2.75) is 25.2 Å². The summed E-state index contributed by atoms with van der Waals surface area (Å²) in [4.78, 5) is 30.1. The minimum Gasteiger partial charge on any atom is -0.384 e. The number of pyridine rings is 1. The number of alkyl halides is 3. The molecular formula is C25H23F3N4O2. The minimum atomic E-state index is -4.37. The average molecular weight is 468 g/mol. The largest absolute Gasteiger partial charge is 0.416 e. The molecule has 1 aliphatic heterocycles. The lowest BCUT2D eigenvalue weighted by Crippen LogP contribution is -2.46. The van der Waals surface area contributed by atoms with Gasteiger partial charge in [-0.1, -0.05) is 30.3 Å². The molecule has 0 bridgehead atoms. The van der Waals surface area contributed by atoms with Gasteiger partial charge in [0.15, 0.2) is 0 Å². The van der Waals surface area contributed by atoms with Crippen molar-refractivity contribution in [3.63, 3.8) is 0 Å². The monoisotopic (exact) mass is 468 g/mol. The van der Waals surface area contributed by atoms with Crippen LogP contribution in [0.25, 0.3) is 11.1 Å². The van der Waals surface area contributed by atoms with Gasteiger partial charge in [-0.3, -0.25) is 9.69 Å². The molecule has 3 aromatic rings. The van der Waals surface area contributed by atoms with Crippen LogP contribution in [0, 0.1) is 0 Å². The van der Waals surface area contributed by atoms with E-state index >= 15 is 0 Å². The number of nitrogen functional groups attached to an aromatic ring is 1. The molecule has 4 rings (SSSR count). The second-order valence-electron chi connectivity index (χ2n) is 8.21. The number of halogens is 3. The van der Waals surface area contributed by atoms with Crippen LogP contribution in [0.15, 0.2) is 60.7 Å². The summed E-state index contributed by atoms with van der Waals surface area (Å²) in [6.45, 7) is 1.59. The number of nitrogens with zero attached hydrogens (tertiary/aromatic N) is 2. The Bertz CT molecular complexity index is 1200. The zero-order valence-corrected chi connectivity index (χ0v) is 18.2. The summed E-state index contributed by atoms with van der Waals surface area (Å²) in [7, 11) is 0. The zero-order chi connectivity index (χ0) is 24.3. The SMILES string of the molecule is Nc1cccc(C(=O)N[C@@H](C=O)CN2CCc3ccc(-c4ccc(C(F)(F)F)cc4)cc3C2)n1. The van der Waals surface area contributed by atoms with E-state index < -0.39 is 23.7 Å². The molecule has 0 radical (unpaired) electrons. The van der Waals surface area contributed by atoms with Crippen LogP contribution in [-0.2, 0) is 23.9 Å². The van der Waals surface area contributed by atoms with Crippen molar-refractivity contribution in [2.75, 3.05) is 18.8 Å². The number of benzene rings is 2. The van der Waals surface area contributed by atoms with Gasteiger partial charge in [-0.05, 0) is 59.0 Å². The average Bonchev–Trinajstić information content (AvgIpc) is 2.82. The number of aromatic nitrogens is 1. The van der Waals surface area contributed by atoms with E-state index in [4.69, 9.17) is 5.73 Å². The van der Waals surface area contributed by atoms with Gasteiger partial charge in [-0.25, -0.2) is 4.98 Å². The van der Waals surface area contributed by atoms with Gasteiger partial charge in [-0.15, -0.1) is 0 Å². The number of carbonyl (C=O) groups is 2. The van der Waals surface area contributed by atoms with Crippen molar-refractivity contribution >= 4 is 18.0 Å². The third-order valence-corrected chi connectivity index (χ3v) is 5.78. The molecule has 1 aromatic heterocycles. The third kappa shape index (κ3) is 5.43. The van der Waals surface area contributed by atoms with Gasteiger partial charge in [0.25, 0.3) is 5.91 Å². The summed E-state index contributed by atoms with van der Waals surface area (Å²) in [5, 5.41) is 2.68. The van der Waals surface area contributed by atoms with Crippen LogP contribution in [0.1, 0.15) is 27.2 Å². The standard InChI is InChI=1S/C25H23F3N4O2/c26-25(27,28)20-8-6-16(7-9-20)18-5-4-17-10-11-32(13-19(17)12-18)14-21(15-33)30-24(34)22-2-1-3-23(29)31-22/h1-9,12,15,21H,10-11,13-14H2,(H2,29,31)(H,30,34)/t21-/m1/s1. The maximum Gasteiger partial charge on any atom is 0.416 e. The first-order valence-electron chi connectivity index (χ1n) is 10.7. The van der Waals surface area contributed by atoms with E-state index in [2.05, 4.69) is 15.2 Å². The number of fused-ring (bicyclic) bond motifs is 1. The molecule has 0 saturated carbocycles. The van der Waals surface area contributed by atoms with Crippen molar-refractivity contribution in [3.8, 4) is 11.1 Å². The Morgan fingerprint density at radius 1 is 1.09 bits per heavy atom. The Hall–Kier alpha value is -3.72. The van der Waals surface area contributed by atoms with Crippen LogP contribution in [0.4, 0.5) is 19.0 Å². The molecule has 176 valence electrons. The van der Waals surface area contributed by atoms with E-state index in [1.165, 1.54) is 18.2 Å². The first-order valence-corrected chi connectivity index (χ1v) is 10.7. The highest BCUT2D eigenvalue weighted by Crippen LogP contribution is 2.32. The van der Waals surface area contributed by atoms with Crippen molar-refractivity contribution < 1.29 is 22.8 Å². The lowest BCUT2D eigenvalue weighted by atomic mass is 9.94. The van der Waals surface area contributed by atoms with Crippen LogP contribution in [0.2, 0.25) is 0 Å². The molecule has 0 fully saturated rings. The second kappa shape index (κ2) is 9.64. The van der Waals surface area contributed by atoms with Crippen molar-refractivity contribution in [2.24, 2.45) is 0 Å². The maximum atomic E-state index is 12.9. The van der Waals surface area contributed by atoms with Crippen molar-refractivity contribution in [3.05, 3.63) is 83.0 Å². The lowest BCUT2D eigenvalue weighted by molar-refractivity contribution is -0.137. The van der Waals surface area contributed by atoms with Gasteiger partial charge in [-0.2, -0.15) is 13.2 Å². The summed E-state index contributed by atoms with van der Waals surface area (Å²) >= 11 is 0. The summed E-state index contributed by atoms with van der Waals surface area (Å²) in [6, 6.07) is 14.9. The molecular weight excluding hydrogens is 445 g/mol. The normalized spacial score (nSPS) is 14.8. The molecule has 1 amide bonds. The molecule has 2 heterocycles. The third-order valence-electron chi connectivity index (χ3n) is 5.78. The predicted octanol–water partition coefficient (Wildman–Crippen LogP) is 3.71. The Kier molecular flexibility index (Phi) is 6.65. The highest BCUT2D eigenvalue weighted by Gasteiger charge is 2.30. The summed E-state index contributed by atoms with van der Waals surface area (Å²) in [5.74, 6) is -0.266. The summed E-state index contributed by atoms with van der Waals surface area (Å²) in [6.07, 6.45) is -2.92. The molecule has 1 aliphatic rings. The summed E-state index contributed by atoms with van der Waals surface area (Å²) < 4.78 is 38.6. The fourth-order valence-electron chi connectivity index (χ4n) is 4.02. The highest BCUT2D eigenvalue weighted by molar-refractivity contribution is 5.94. The van der Waals surface area contributed by atoms with Crippen molar-refractivity contribution in [1.82, 2.24) is 15.2 Å². The lowest BCUT2D eigenvalue weighted by Gasteiger charge is -2.31. The Morgan fingerprint density at radius 2 is 1.82 bits per heavy atom. The van der Waals surface area contributed by atoms with Gasteiger partial charge in [0, 0.05) is 19.6 Å². The van der Waals surface area contributed by atoms with E-state index in [0.29, 0.717) is 31.5 Å². The van der Waals surface area contributed by atoms with Crippen LogP contribution >= 0.6 is 0 Å². The number of rotatable bonds is 6. The molecule has 0 unspecified atom stereocenters. The molecule has 1 atom stereocenters. The summed E-state index contributed by atoms with van der Waals surface area (Å²) in [5.41, 5.74) is 8.78. The Balaban J connectivity index is 1.44. The van der Waals surface area contributed by atoms with E-state index in [-0.39, 0.29) is 11.5 Å². The van der Waals surface area contributed by atoms with Crippen LogP contribution in [-0.4, -0.2) is 41.2 Å². The van der Waals surface area contributed by atoms with E-state index in [1.54, 1.807) is 12.1 Å². The molecule has 0 saturated heterocycles. The number of carbonyl (C=O) groups excluding carboxylic acids is 2. The quantitative estimate of drug-likeness (QED) is 0.539. The number of amides is 1. The van der Waals surface area contributed by atoms with Gasteiger partial charge < -0.3 is 15.8 Å². The van der Waals surface area contributed by atoms with E-state index in [9.17, 15) is 22.8 Å². The van der Waals surface area contributed by atoms with Crippen LogP contribution in [0.3, 0.4) is 0 Å². The number of anilines is 1. The number of hydrogen-bond acceptors (Lipinski definition) is 5. The van der Waals surface area contributed by atoms with Gasteiger partial charge >= 0.3 is 6.18 Å². The van der Waals surface area contributed by atoms with Gasteiger partial charge in [0.05, 0.1) is 11.6 Å². The highest BCUT2D eigenvalue weighted by atomic mass is 19.4. The van der Waals surface area contributed by atoms with Crippen molar-refractivity contribution in [1.29, 1.82) is 0 Å². The predicted molar refractivity (Wildman–Crippen MR) is 122 cm³/mol. The molecule has 6 nitrogen and oxygen atoms in total. The number of hydrogen-bond donors (Lipinski definition) is 2. The number of nitrogens with one attached hydrogen (secondary N) is 1. The minimum absolute atomic E-state index is 0.136. The molecule has 0 aliphatic carbocycles. The number of nitrogens with two attached hydrogens (primary N) is 1. The Labute approximate surface area is 194 Å². The molecule has 34 heavy (non-hydrogen) atoms. The first kappa shape index (κ1) is 23.4. The molecule has 0 spiro atoms. The number of aldehydes is 1. The van der Waals surface area contributed by atoms with E-state index in [1.807, 2.05) is 18.2 Å². The van der Waals surface area contributed by atoms with Gasteiger partial charge in [0.1, 0.15) is 17.8 Å². The Morgan fingerprint density at radius 3 is 2.50 bits per heavy atom.